The van der Waals surface area contributed by atoms with Gasteiger partial charge < -0.3 is 4.90 Å². The van der Waals surface area contributed by atoms with E-state index in [1.807, 2.05) is 6.20 Å². The molecule has 1 aliphatic heterocycles. The van der Waals surface area contributed by atoms with Crippen molar-refractivity contribution in [3.8, 4) is 0 Å². The second-order valence-electron chi connectivity index (χ2n) is 3.01. The first-order valence-electron chi connectivity index (χ1n) is 4.48. The Kier molecular flexibility index (Phi) is 3.81. The first-order valence-corrected chi connectivity index (χ1v) is 4.48. The van der Waals surface area contributed by atoms with E-state index >= 15 is 0 Å². The molecule has 0 spiro atoms. The summed E-state index contributed by atoms with van der Waals surface area (Å²) in [6.45, 7) is 4.90. The van der Waals surface area contributed by atoms with E-state index in [1.165, 1.54) is 32.1 Å². The summed E-state index contributed by atoms with van der Waals surface area (Å²) in [5, 5.41) is 0. The molecule has 62 valence electrons. The number of allylic oxidation sites excluding steroid dienone is 1. The number of rotatable bonds is 1. The van der Waals surface area contributed by atoms with E-state index in [2.05, 4.69) is 23.8 Å². The molecule has 1 aliphatic rings. The lowest BCUT2D eigenvalue weighted by Gasteiger charge is -2.12. The van der Waals surface area contributed by atoms with E-state index in [9.17, 15) is 0 Å². The molecule has 0 radical (unpaired) electrons. The Morgan fingerprint density at radius 3 is 2.82 bits per heavy atom. The maximum Gasteiger partial charge on any atom is 0.0219 e. The summed E-state index contributed by atoms with van der Waals surface area (Å²) in [5.41, 5.74) is 0. The van der Waals surface area contributed by atoms with E-state index < -0.39 is 0 Å². The quantitative estimate of drug-likeness (QED) is 0.557. The molecule has 0 bridgehead atoms. The molecule has 1 heteroatoms. The van der Waals surface area contributed by atoms with Gasteiger partial charge in [-0.05, 0) is 31.7 Å². The van der Waals surface area contributed by atoms with Crippen molar-refractivity contribution >= 4 is 0 Å². The zero-order valence-corrected chi connectivity index (χ0v) is 7.13. The Morgan fingerprint density at radius 1 is 1.18 bits per heavy atom. The third-order valence-corrected chi connectivity index (χ3v) is 2.07. The van der Waals surface area contributed by atoms with Crippen LogP contribution in [0.3, 0.4) is 0 Å². The molecule has 0 amide bonds. The monoisotopic (exact) mass is 151 g/mol. The molecule has 11 heavy (non-hydrogen) atoms. The van der Waals surface area contributed by atoms with E-state index in [4.69, 9.17) is 0 Å². The van der Waals surface area contributed by atoms with Crippen molar-refractivity contribution in [1.82, 2.24) is 4.90 Å². The average molecular weight is 151 g/mol. The maximum absolute atomic E-state index is 3.76. The molecule has 1 nitrogen and oxygen atoms in total. The maximum atomic E-state index is 3.76. The fourth-order valence-electron chi connectivity index (χ4n) is 1.35. The van der Waals surface area contributed by atoms with Crippen molar-refractivity contribution in [3.63, 3.8) is 0 Å². The van der Waals surface area contributed by atoms with Crippen LogP contribution in [-0.2, 0) is 0 Å². The smallest absolute Gasteiger partial charge is 0.0219 e. The molecule has 0 aliphatic carbocycles. The molecule has 0 aromatic heterocycles. The molecular formula is C10H17N. The van der Waals surface area contributed by atoms with Crippen LogP contribution in [0.2, 0.25) is 0 Å². The molecule has 0 fully saturated rings. The number of hydrogen-bond donors (Lipinski definition) is 0. The second kappa shape index (κ2) is 5.00. The summed E-state index contributed by atoms with van der Waals surface area (Å²) in [7, 11) is 0. The highest BCUT2D eigenvalue weighted by Gasteiger charge is 1.96. The summed E-state index contributed by atoms with van der Waals surface area (Å²) < 4.78 is 0. The van der Waals surface area contributed by atoms with Gasteiger partial charge >= 0.3 is 0 Å². The lowest BCUT2D eigenvalue weighted by Crippen LogP contribution is -2.09. The van der Waals surface area contributed by atoms with Crippen LogP contribution in [0.15, 0.2) is 25.1 Å². The van der Waals surface area contributed by atoms with E-state index in [0.29, 0.717) is 0 Å². The third kappa shape index (κ3) is 3.26. The predicted octanol–water partition coefficient (Wildman–Crippen LogP) is 2.91. The van der Waals surface area contributed by atoms with Gasteiger partial charge in [0.1, 0.15) is 0 Å². The molecule has 1 heterocycles. The highest BCUT2D eigenvalue weighted by molar-refractivity contribution is 4.88. The van der Waals surface area contributed by atoms with Gasteiger partial charge in [0.05, 0.1) is 0 Å². The van der Waals surface area contributed by atoms with Crippen molar-refractivity contribution < 1.29 is 0 Å². The molecule has 0 saturated heterocycles. The Labute approximate surface area is 69.4 Å². The van der Waals surface area contributed by atoms with Gasteiger partial charge in [-0.3, -0.25) is 0 Å². The molecule has 0 saturated carbocycles. The van der Waals surface area contributed by atoms with Crippen LogP contribution in [-0.4, -0.2) is 11.4 Å². The summed E-state index contributed by atoms with van der Waals surface area (Å²) in [4.78, 5) is 2.17. The first kappa shape index (κ1) is 8.38. The van der Waals surface area contributed by atoms with Crippen molar-refractivity contribution in [2.75, 3.05) is 6.54 Å². The Morgan fingerprint density at radius 2 is 2.00 bits per heavy atom. The minimum absolute atomic E-state index is 1.14. The van der Waals surface area contributed by atoms with Gasteiger partial charge in [-0.1, -0.05) is 25.5 Å². The second-order valence-corrected chi connectivity index (χ2v) is 3.01. The highest BCUT2D eigenvalue weighted by atomic mass is 15.1. The average Bonchev–Trinajstić information content (AvgIpc) is 2.16. The number of nitrogens with zero attached hydrogens (tertiary/aromatic N) is 1. The summed E-state index contributed by atoms with van der Waals surface area (Å²) in [6.07, 6.45) is 12.9. The predicted molar refractivity (Wildman–Crippen MR) is 49.1 cm³/mol. The fourth-order valence-corrected chi connectivity index (χ4v) is 1.35. The van der Waals surface area contributed by atoms with Crippen LogP contribution >= 0.6 is 0 Å². The molecule has 1 rings (SSSR count). The first-order chi connectivity index (χ1) is 5.43. The zero-order chi connectivity index (χ0) is 7.94. The van der Waals surface area contributed by atoms with E-state index in [1.54, 1.807) is 0 Å². The lowest BCUT2D eigenvalue weighted by atomic mass is 10.1. The van der Waals surface area contributed by atoms with Gasteiger partial charge in [0, 0.05) is 6.54 Å². The van der Waals surface area contributed by atoms with Crippen molar-refractivity contribution in [1.29, 1.82) is 0 Å². The van der Waals surface area contributed by atoms with E-state index in [-0.39, 0.29) is 0 Å². The molecule has 0 atom stereocenters. The van der Waals surface area contributed by atoms with Crippen LogP contribution < -0.4 is 0 Å². The van der Waals surface area contributed by atoms with Crippen molar-refractivity contribution in [2.24, 2.45) is 0 Å². The van der Waals surface area contributed by atoms with Crippen LogP contribution in [0.25, 0.3) is 0 Å². The van der Waals surface area contributed by atoms with Crippen LogP contribution in [0.5, 0.6) is 0 Å². The fraction of sp³-hybridized carbons (Fsp3) is 0.600. The lowest BCUT2D eigenvalue weighted by molar-refractivity contribution is 0.478. The molecule has 0 aromatic rings. The van der Waals surface area contributed by atoms with Crippen LogP contribution in [0.1, 0.15) is 32.1 Å². The summed E-state index contributed by atoms with van der Waals surface area (Å²) in [6, 6.07) is 0. The van der Waals surface area contributed by atoms with Gasteiger partial charge in [-0.2, -0.15) is 0 Å². The van der Waals surface area contributed by atoms with Crippen LogP contribution in [0.4, 0.5) is 0 Å². The van der Waals surface area contributed by atoms with E-state index in [0.717, 1.165) is 6.54 Å². The third-order valence-electron chi connectivity index (χ3n) is 2.07. The zero-order valence-electron chi connectivity index (χ0n) is 7.13. The Hall–Kier alpha value is -0.720. The van der Waals surface area contributed by atoms with Crippen molar-refractivity contribution in [2.45, 2.75) is 32.1 Å². The van der Waals surface area contributed by atoms with Crippen molar-refractivity contribution in [3.05, 3.63) is 25.1 Å². The Bertz CT molecular complexity index is 138. The van der Waals surface area contributed by atoms with Gasteiger partial charge in [0.2, 0.25) is 0 Å². The normalized spacial score (nSPS) is 20.2. The SMILES string of the molecule is C=CN1C=CCCCCCC1. The molecule has 0 N–H and O–H groups in total. The van der Waals surface area contributed by atoms with Gasteiger partial charge in [0.25, 0.3) is 0 Å². The summed E-state index contributed by atoms with van der Waals surface area (Å²) in [5.74, 6) is 0. The highest BCUT2D eigenvalue weighted by Crippen LogP contribution is 2.08. The minimum Gasteiger partial charge on any atom is -0.355 e. The largest absolute Gasteiger partial charge is 0.355 e. The molecular weight excluding hydrogens is 134 g/mol. The summed E-state index contributed by atoms with van der Waals surface area (Å²) >= 11 is 0. The number of hydrogen-bond acceptors (Lipinski definition) is 1. The standard InChI is InChI=1S/C10H17N/c1-2-11-9-7-5-3-4-6-8-10-11/h2,7,9H,1,3-6,8,10H2. The van der Waals surface area contributed by atoms with Gasteiger partial charge in [-0.15, -0.1) is 0 Å². The van der Waals surface area contributed by atoms with Crippen LogP contribution in [0, 0.1) is 0 Å². The minimum atomic E-state index is 1.14. The topological polar surface area (TPSA) is 3.24 Å². The molecule has 0 unspecified atom stereocenters. The van der Waals surface area contributed by atoms with Gasteiger partial charge in [0.15, 0.2) is 0 Å². The Balaban J connectivity index is 2.37. The van der Waals surface area contributed by atoms with Gasteiger partial charge in [-0.25, -0.2) is 0 Å². The molecule has 0 aromatic carbocycles.